The number of nitrogens with one attached hydrogen (secondary N) is 1. The van der Waals surface area contributed by atoms with E-state index in [1.165, 1.54) is 0 Å². The quantitative estimate of drug-likeness (QED) is 0.810. The number of ether oxygens (including phenoxy) is 1. The Kier molecular flexibility index (Phi) is 3.54. The van der Waals surface area contributed by atoms with Gasteiger partial charge >= 0.3 is 0 Å². The molecule has 2 saturated heterocycles. The number of aryl methyl sites for hydroxylation is 2. The monoisotopic (exact) mass is 307 g/mol. The molecule has 0 bridgehead atoms. The van der Waals surface area contributed by atoms with E-state index in [9.17, 15) is 9.59 Å². The third-order valence-corrected chi connectivity index (χ3v) is 4.68. The number of carbonyl (C=O) groups is 2. The van der Waals surface area contributed by atoms with Crippen molar-refractivity contribution in [1.29, 1.82) is 0 Å². The van der Waals surface area contributed by atoms with Crippen LogP contribution in [-0.4, -0.2) is 30.4 Å². The molecular weight excluding hydrogens is 290 g/mol. The smallest absolute Gasteiger partial charge is 0.236 e. The molecule has 0 radical (unpaired) electrons. The van der Waals surface area contributed by atoms with Crippen LogP contribution in [0.3, 0.4) is 0 Å². The fourth-order valence-corrected chi connectivity index (χ4v) is 3.84. The highest BCUT2D eigenvalue weighted by atomic mass is 35.5. The summed E-state index contributed by atoms with van der Waals surface area (Å²) in [5, 5.41) is 3.35. The fraction of sp³-hybridized carbons (Fsp3) is 0.500. The van der Waals surface area contributed by atoms with Crippen LogP contribution < -0.4 is 5.32 Å². The van der Waals surface area contributed by atoms with Crippen LogP contribution in [0.4, 0.5) is 0 Å². The van der Waals surface area contributed by atoms with Crippen molar-refractivity contribution in [3.05, 3.63) is 33.8 Å². The van der Waals surface area contributed by atoms with Gasteiger partial charge in [0.2, 0.25) is 5.91 Å². The number of amides is 1. The summed E-state index contributed by atoms with van der Waals surface area (Å²) in [7, 11) is 0. The van der Waals surface area contributed by atoms with Gasteiger partial charge in [0.05, 0.1) is 6.61 Å². The number of rotatable bonds is 1. The van der Waals surface area contributed by atoms with Gasteiger partial charge in [-0.25, -0.2) is 0 Å². The van der Waals surface area contributed by atoms with Gasteiger partial charge in [0.1, 0.15) is 11.5 Å². The SMILES string of the molecule is Cc1cc(C)c(C2C(=O)NC3(CCCOC3)C2=O)c(Cl)c1. The first-order valence-corrected chi connectivity index (χ1v) is 7.53. The zero-order valence-electron chi connectivity index (χ0n) is 12.2. The van der Waals surface area contributed by atoms with Crippen molar-refractivity contribution in [3.8, 4) is 0 Å². The van der Waals surface area contributed by atoms with Gasteiger partial charge in [0, 0.05) is 11.6 Å². The van der Waals surface area contributed by atoms with E-state index < -0.39 is 11.5 Å². The Morgan fingerprint density at radius 1 is 1.33 bits per heavy atom. The van der Waals surface area contributed by atoms with Gasteiger partial charge in [-0.05, 0) is 49.4 Å². The summed E-state index contributed by atoms with van der Waals surface area (Å²) < 4.78 is 5.42. The molecule has 2 atom stereocenters. The lowest BCUT2D eigenvalue weighted by Gasteiger charge is -2.31. The lowest BCUT2D eigenvalue weighted by molar-refractivity contribution is -0.128. The van der Waals surface area contributed by atoms with Crippen LogP contribution in [0.2, 0.25) is 5.02 Å². The van der Waals surface area contributed by atoms with Gasteiger partial charge in [0.15, 0.2) is 5.78 Å². The normalized spacial score (nSPS) is 29.0. The van der Waals surface area contributed by atoms with E-state index in [1.807, 2.05) is 19.9 Å². The van der Waals surface area contributed by atoms with E-state index in [0.29, 0.717) is 23.6 Å². The summed E-state index contributed by atoms with van der Waals surface area (Å²) in [5.74, 6) is -1.19. The van der Waals surface area contributed by atoms with Crippen molar-refractivity contribution < 1.29 is 14.3 Å². The molecule has 1 aromatic rings. The number of Topliss-reactive ketones (excluding diaryl/α,β-unsaturated/α-hetero) is 1. The second-order valence-electron chi connectivity index (χ2n) is 6.00. The van der Waals surface area contributed by atoms with Gasteiger partial charge < -0.3 is 10.1 Å². The molecule has 21 heavy (non-hydrogen) atoms. The standard InChI is InChI=1S/C16H18ClNO3/c1-9-6-10(2)12(11(17)7-9)13-14(19)16(18-15(13)20)4-3-5-21-8-16/h6-7,13H,3-5,8H2,1-2H3,(H,18,20). The summed E-state index contributed by atoms with van der Waals surface area (Å²) in [6, 6.07) is 3.75. The van der Waals surface area contributed by atoms with Crippen LogP contribution in [0, 0.1) is 13.8 Å². The van der Waals surface area contributed by atoms with E-state index in [0.717, 1.165) is 17.5 Å². The maximum Gasteiger partial charge on any atom is 0.236 e. The predicted molar refractivity (Wildman–Crippen MR) is 79.6 cm³/mol. The van der Waals surface area contributed by atoms with Crippen LogP contribution in [0.15, 0.2) is 12.1 Å². The molecule has 5 heteroatoms. The van der Waals surface area contributed by atoms with Crippen molar-refractivity contribution in [2.24, 2.45) is 0 Å². The first-order valence-electron chi connectivity index (χ1n) is 7.15. The molecule has 0 aliphatic carbocycles. The maximum atomic E-state index is 12.9. The van der Waals surface area contributed by atoms with Crippen LogP contribution >= 0.6 is 11.6 Å². The second kappa shape index (κ2) is 5.11. The third-order valence-electron chi connectivity index (χ3n) is 4.37. The zero-order chi connectivity index (χ0) is 15.2. The minimum Gasteiger partial charge on any atom is -0.379 e. The van der Waals surface area contributed by atoms with Crippen molar-refractivity contribution in [3.63, 3.8) is 0 Å². The van der Waals surface area contributed by atoms with Crippen LogP contribution in [0.25, 0.3) is 0 Å². The second-order valence-corrected chi connectivity index (χ2v) is 6.41. The highest BCUT2D eigenvalue weighted by molar-refractivity contribution is 6.33. The Morgan fingerprint density at radius 3 is 2.71 bits per heavy atom. The molecule has 2 aliphatic heterocycles. The van der Waals surface area contributed by atoms with E-state index in [2.05, 4.69) is 5.32 Å². The van der Waals surface area contributed by atoms with Gasteiger partial charge in [-0.1, -0.05) is 17.7 Å². The van der Waals surface area contributed by atoms with Crippen molar-refractivity contribution in [2.45, 2.75) is 38.1 Å². The average molecular weight is 308 g/mol. The molecule has 0 saturated carbocycles. The van der Waals surface area contributed by atoms with E-state index in [4.69, 9.17) is 16.3 Å². The van der Waals surface area contributed by atoms with Gasteiger partial charge in [-0.2, -0.15) is 0 Å². The van der Waals surface area contributed by atoms with Crippen molar-refractivity contribution in [1.82, 2.24) is 5.32 Å². The minimum absolute atomic E-state index is 0.110. The van der Waals surface area contributed by atoms with Gasteiger partial charge in [-0.3, -0.25) is 9.59 Å². The molecular formula is C16H18ClNO3. The summed E-state index contributed by atoms with van der Waals surface area (Å²) >= 11 is 6.31. The number of ketones is 1. The number of benzene rings is 1. The molecule has 2 fully saturated rings. The molecule has 3 rings (SSSR count). The summed E-state index contributed by atoms with van der Waals surface area (Å²) in [5.41, 5.74) is 1.66. The molecule has 1 aromatic carbocycles. The highest BCUT2D eigenvalue weighted by Gasteiger charge is 2.54. The predicted octanol–water partition coefficient (Wildman–Crippen LogP) is 2.29. The Labute approximate surface area is 128 Å². The number of carbonyl (C=O) groups excluding carboxylic acids is 2. The zero-order valence-corrected chi connectivity index (χ0v) is 12.9. The molecule has 4 nitrogen and oxygen atoms in total. The summed E-state index contributed by atoms with van der Waals surface area (Å²) in [6.45, 7) is 4.73. The van der Waals surface area contributed by atoms with Crippen LogP contribution in [0.1, 0.15) is 35.4 Å². The summed E-state index contributed by atoms with van der Waals surface area (Å²) in [4.78, 5) is 25.3. The third kappa shape index (κ3) is 2.27. The van der Waals surface area contributed by atoms with E-state index in [-0.39, 0.29) is 18.3 Å². The first kappa shape index (κ1) is 14.5. The van der Waals surface area contributed by atoms with Crippen LogP contribution in [-0.2, 0) is 14.3 Å². The first-order chi connectivity index (χ1) is 9.94. The topological polar surface area (TPSA) is 55.4 Å². The molecule has 0 aromatic heterocycles. The lowest BCUT2D eigenvalue weighted by Crippen LogP contribution is -2.52. The Bertz CT molecular complexity index is 597. The van der Waals surface area contributed by atoms with Crippen molar-refractivity contribution >= 4 is 23.3 Å². The number of hydrogen-bond donors (Lipinski definition) is 1. The minimum atomic E-state index is -0.860. The molecule has 2 aliphatic rings. The molecule has 1 N–H and O–H groups in total. The van der Waals surface area contributed by atoms with Gasteiger partial charge in [-0.15, -0.1) is 0 Å². The molecule has 1 spiro atoms. The van der Waals surface area contributed by atoms with E-state index in [1.54, 1.807) is 6.07 Å². The highest BCUT2D eigenvalue weighted by Crippen LogP contribution is 2.39. The Balaban J connectivity index is 2.04. The van der Waals surface area contributed by atoms with Gasteiger partial charge in [0.25, 0.3) is 0 Å². The summed E-state index contributed by atoms with van der Waals surface area (Å²) in [6.07, 6.45) is 1.41. The van der Waals surface area contributed by atoms with Crippen molar-refractivity contribution in [2.75, 3.05) is 13.2 Å². The van der Waals surface area contributed by atoms with Crippen LogP contribution in [0.5, 0.6) is 0 Å². The Hall–Kier alpha value is -1.39. The molecule has 2 unspecified atom stereocenters. The molecule has 2 heterocycles. The maximum absolute atomic E-state index is 12.9. The molecule has 1 amide bonds. The Morgan fingerprint density at radius 2 is 2.10 bits per heavy atom. The lowest BCUT2D eigenvalue weighted by atomic mass is 9.82. The fourth-order valence-electron chi connectivity index (χ4n) is 3.41. The molecule has 112 valence electrons. The number of hydrogen-bond acceptors (Lipinski definition) is 3. The number of halogens is 1. The van der Waals surface area contributed by atoms with E-state index >= 15 is 0 Å². The average Bonchev–Trinajstić information content (AvgIpc) is 2.63. The largest absolute Gasteiger partial charge is 0.379 e.